The highest BCUT2D eigenvalue weighted by Gasteiger charge is 2.59. The molecule has 0 radical (unpaired) electrons. The summed E-state index contributed by atoms with van der Waals surface area (Å²) in [6, 6.07) is 0. The maximum atomic E-state index is 13.4. The number of unbranched alkanes of at least 4 members (excludes halogenated alkanes) is 1. The summed E-state index contributed by atoms with van der Waals surface area (Å²) in [4.78, 5) is 15.3. The van der Waals surface area contributed by atoms with Crippen molar-refractivity contribution in [1.29, 1.82) is 0 Å². The highest BCUT2D eigenvalue weighted by Crippen LogP contribution is 2.67. The van der Waals surface area contributed by atoms with E-state index in [2.05, 4.69) is 65.1 Å². The van der Waals surface area contributed by atoms with Gasteiger partial charge in [-0.25, -0.2) is 4.79 Å². The van der Waals surface area contributed by atoms with Crippen LogP contribution >= 0.6 is 37.2 Å². The van der Waals surface area contributed by atoms with Gasteiger partial charge in [-0.05, 0) is 155 Å². The largest absolute Gasteiger partial charge is 0.446 e. The zero-order chi connectivity index (χ0) is 33.3. The van der Waals surface area contributed by atoms with Gasteiger partial charge in [-0.15, -0.1) is 37.2 Å². The minimum Gasteiger partial charge on any atom is -0.446 e. The fourth-order valence-electron chi connectivity index (χ4n) is 10.6. The van der Waals surface area contributed by atoms with Crippen LogP contribution in [0.2, 0.25) is 0 Å². The van der Waals surface area contributed by atoms with E-state index in [1.807, 2.05) is 4.90 Å². The summed E-state index contributed by atoms with van der Waals surface area (Å²) in [5.41, 5.74) is 13.7. The molecule has 0 spiro atoms. The van der Waals surface area contributed by atoms with Crippen molar-refractivity contribution in [3.05, 3.63) is 23.8 Å². The molecule has 3 fully saturated rings. The Kier molecular flexibility index (Phi) is 20.8. The zero-order valence-corrected chi connectivity index (χ0v) is 34.4. The lowest BCUT2D eigenvalue weighted by Gasteiger charge is -2.58. The van der Waals surface area contributed by atoms with Crippen molar-refractivity contribution >= 4 is 43.3 Å². The van der Waals surface area contributed by atoms with E-state index >= 15 is 0 Å². The van der Waals surface area contributed by atoms with Gasteiger partial charge in [0.15, 0.2) is 0 Å². The number of nitrogens with two attached hydrogens (primary N) is 2. The van der Waals surface area contributed by atoms with Crippen molar-refractivity contribution in [3.63, 3.8) is 0 Å². The molecule has 0 bridgehead atoms. The van der Waals surface area contributed by atoms with E-state index in [1.54, 1.807) is 5.57 Å². The molecule has 1 amide bonds. The van der Waals surface area contributed by atoms with Crippen LogP contribution in [0, 0.1) is 52.3 Å². The van der Waals surface area contributed by atoms with Gasteiger partial charge in [-0.1, -0.05) is 65.3 Å². The van der Waals surface area contributed by atoms with Crippen LogP contribution in [0.4, 0.5) is 4.79 Å². The Bertz CT molecular complexity index is 1030. The first kappa shape index (κ1) is 46.5. The average molecular weight is 750 g/mol. The Morgan fingerprint density at radius 3 is 2.31 bits per heavy atom. The van der Waals surface area contributed by atoms with Gasteiger partial charge in [0.25, 0.3) is 0 Å². The van der Waals surface area contributed by atoms with Crippen molar-refractivity contribution in [2.45, 2.75) is 131 Å². The summed E-state index contributed by atoms with van der Waals surface area (Å²) < 4.78 is 6.25. The number of carbonyl (C=O) groups excluding carboxylic acids is 1. The van der Waals surface area contributed by atoms with Crippen molar-refractivity contribution in [1.82, 2.24) is 10.2 Å². The SMILES string of the molecule is CC[C@H](/C=C/[C@@H](C)[C@H]1CC[C@H]2[C@@H]3CC=C4C[C@@H](OC(=O)N(CCCN)CCCCNCCCN)CC[C@]4(C)[C@H]3CC[C@]12C)C(C)C.Cl.Cl.Cl. The maximum absolute atomic E-state index is 13.4. The molecule has 0 aromatic heterocycles. The zero-order valence-electron chi connectivity index (χ0n) is 31.9. The second-order valence-corrected chi connectivity index (χ2v) is 16.5. The van der Waals surface area contributed by atoms with Gasteiger partial charge >= 0.3 is 6.09 Å². The Balaban J connectivity index is 0.00000400. The van der Waals surface area contributed by atoms with Gasteiger partial charge in [0.2, 0.25) is 0 Å². The van der Waals surface area contributed by atoms with E-state index in [0.717, 1.165) is 101 Å². The summed E-state index contributed by atoms with van der Waals surface area (Å²) in [5.74, 6) is 5.32. The molecular formula is C40H75Cl3N4O2. The molecule has 0 aromatic rings. The average Bonchev–Trinajstić information content (AvgIpc) is 3.39. The first-order valence-electron chi connectivity index (χ1n) is 19.5. The number of amides is 1. The van der Waals surface area contributed by atoms with Gasteiger partial charge < -0.3 is 26.4 Å². The van der Waals surface area contributed by atoms with E-state index in [4.69, 9.17) is 16.2 Å². The standard InChI is InChI=1S/C40H72N4O2.3ClH/c1-7-31(29(2)3)13-12-30(4)35-16-17-36-34-15-14-32-28-33(18-20-39(32,5)37(34)19-21-40(35,36)6)46-38(45)44(27-11-23-42)26-9-8-24-43-25-10-22-41;;;/h12-14,29-31,33-37,43H,7-11,15-28,41-42H2,1-6H3;3*1H/b13-12+;;;/t30-,31-,33+,34+,35-,36+,37+,39+,40-;;;/m1.../s1. The molecule has 3 saturated carbocycles. The van der Waals surface area contributed by atoms with Crippen LogP contribution < -0.4 is 16.8 Å². The summed E-state index contributed by atoms with van der Waals surface area (Å²) in [6.45, 7) is 19.5. The quantitative estimate of drug-likeness (QED) is 0.102. The predicted molar refractivity (Wildman–Crippen MR) is 215 cm³/mol. The smallest absolute Gasteiger partial charge is 0.410 e. The van der Waals surface area contributed by atoms with E-state index in [9.17, 15) is 4.79 Å². The summed E-state index contributed by atoms with van der Waals surface area (Å²) in [5, 5.41) is 3.44. The normalized spacial score (nSPS) is 31.6. The monoisotopic (exact) mass is 748 g/mol. The summed E-state index contributed by atoms with van der Waals surface area (Å²) in [6.07, 6.45) is 22.5. The van der Waals surface area contributed by atoms with Crippen LogP contribution in [-0.2, 0) is 4.74 Å². The van der Waals surface area contributed by atoms with E-state index in [-0.39, 0.29) is 54.8 Å². The third-order valence-electron chi connectivity index (χ3n) is 13.5. The maximum Gasteiger partial charge on any atom is 0.410 e. The summed E-state index contributed by atoms with van der Waals surface area (Å²) in [7, 11) is 0. The molecule has 0 saturated heterocycles. The molecule has 4 aliphatic carbocycles. The van der Waals surface area contributed by atoms with Gasteiger partial charge in [-0.2, -0.15) is 0 Å². The Morgan fingerprint density at radius 1 is 0.939 bits per heavy atom. The van der Waals surface area contributed by atoms with Gasteiger partial charge in [0.1, 0.15) is 6.10 Å². The number of halogens is 3. The number of hydrogen-bond donors (Lipinski definition) is 3. The fourth-order valence-corrected chi connectivity index (χ4v) is 10.6. The van der Waals surface area contributed by atoms with Crippen LogP contribution in [0.5, 0.6) is 0 Å². The number of hydrogen-bond acceptors (Lipinski definition) is 5. The highest BCUT2D eigenvalue weighted by atomic mass is 35.5. The van der Waals surface area contributed by atoms with E-state index in [1.165, 1.54) is 38.5 Å². The lowest BCUT2D eigenvalue weighted by atomic mass is 9.47. The molecule has 4 rings (SSSR count). The molecule has 288 valence electrons. The van der Waals surface area contributed by atoms with Crippen LogP contribution in [0.1, 0.15) is 125 Å². The third-order valence-corrected chi connectivity index (χ3v) is 13.5. The number of nitrogens with zero attached hydrogens (tertiary/aromatic N) is 1. The van der Waals surface area contributed by atoms with Crippen LogP contribution in [0.25, 0.3) is 0 Å². The van der Waals surface area contributed by atoms with Crippen LogP contribution in [-0.4, -0.2) is 56.4 Å². The van der Waals surface area contributed by atoms with E-state index in [0.29, 0.717) is 30.3 Å². The Morgan fingerprint density at radius 2 is 1.63 bits per heavy atom. The first-order valence-corrected chi connectivity index (χ1v) is 19.5. The number of fused-ring (bicyclic) bond motifs is 5. The molecule has 4 aliphatic rings. The summed E-state index contributed by atoms with van der Waals surface area (Å²) >= 11 is 0. The van der Waals surface area contributed by atoms with Crippen molar-refractivity contribution < 1.29 is 9.53 Å². The van der Waals surface area contributed by atoms with Crippen molar-refractivity contribution in [3.8, 4) is 0 Å². The molecule has 5 N–H and O–H groups in total. The van der Waals surface area contributed by atoms with Crippen molar-refractivity contribution in [2.75, 3.05) is 39.3 Å². The van der Waals surface area contributed by atoms with Gasteiger partial charge in [-0.3, -0.25) is 0 Å². The van der Waals surface area contributed by atoms with Crippen LogP contribution in [0.3, 0.4) is 0 Å². The number of nitrogens with one attached hydrogen (secondary N) is 1. The number of ether oxygens (including phenoxy) is 1. The molecule has 49 heavy (non-hydrogen) atoms. The topological polar surface area (TPSA) is 93.6 Å². The Hall–Kier alpha value is -0.500. The number of rotatable bonds is 17. The molecular weight excluding hydrogens is 675 g/mol. The molecule has 6 nitrogen and oxygen atoms in total. The van der Waals surface area contributed by atoms with Gasteiger partial charge in [0, 0.05) is 19.5 Å². The second kappa shape index (κ2) is 21.9. The minimum absolute atomic E-state index is 0. The van der Waals surface area contributed by atoms with Crippen molar-refractivity contribution in [2.24, 2.45) is 63.7 Å². The molecule has 0 heterocycles. The third kappa shape index (κ3) is 11.2. The fraction of sp³-hybridized carbons (Fsp3) is 0.875. The lowest BCUT2D eigenvalue weighted by Crippen LogP contribution is -2.51. The van der Waals surface area contributed by atoms with E-state index < -0.39 is 0 Å². The first-order chi connectivity index (χ1) is 22.1. The molecule has 0 aromatic carbocycles. The Labute approximate surface area is 319 Å². The molecule has 0 aliphatic heterocycles. The molecule has 0 unspecified atom stereocenters. The lowest BCUT2D eigenvalue weighted by molar-refractivity contribution is -0.0563. The van der Waals surface area contributed by atoms with Crippen LogP contribution in [0.15, 0.2) is 23.8 Å². The van der Waals surface area contributed by atoms with Gasteiger partial charge in [0.05, 0.1) is 0 Å². The highest BCUT2D eigenvalue weighted by molar-refractivity contribution is 5.86. The number of carbonyl (C=O) groups is 1. The number of allylic oxidation sites excluding steroid dienone is 3. The molecule has 9 heteroatoms. The second-order valence-electron chi connectivity index (χ2n) is 16.5. The minimum atomic E-state index is -0.139. The molecule has 9 atom stereocenters. The predicted octanol–water partition coefficient (Wildman–Crippen LogP) is 9.58.